The maximum atomic E-state index is 6.13. The van der Waals surface area contributed by atoms with E-state index in [-0.39, 0.29) is 5.54 Å². The number of benzene rings is 1. The zero-order valence-corrected chi connectivity index (χ0v) is 16.6. The molecular weight excluding hydrogens is 364 g/mol. The van der Waals surface area contributed by atoms with E-state index in [1.807, 2.05) is 19.1 Å². The Morgan fingerprint density at radius 3 is 2.46 bits per heavy atom. The van der Waals surface area contributed by atoms with E-state index in [1.54, 1.807) is 11.3 Å². The number of hydrogen-bond donors (Lipinski definition) is 0. The lowest BCUT2D eigenvalue weighted by molar-refractivity contribution is 0.239. The summed E-state index contributed by atoms with van der Waals surface area (Å²) in [5, 5.41) is 10.9. The molecule has 2 aromatic heterocycles. The molecule has 0 N–H and O–H groups in total. The van der Waals surface area contributed by atoms with Gasteiger partial charge >= 0.3 is 0 Å². The van der Waals surface area contributed by atoms with Crippen molar-refractivity contribution in [2.75, 3.05) is 0 Å². The van der Waals surface area contributed by atoms with Crippen LogP contribution >= 0.6 is 22.9 Å². The molecule has 1 spiro atoms. The molecule has 0 unspecified atom stereocenters. The van der Waals surface area contributed by atoms with Crippen LogP contribution in [0.2, 0.25) is 5.02 Å². The highest BCUT2D eigenvalue weighted by Gasteiger charge is 2.46. The predicted octanol–water partition coefficient (Wildman–Crippen LogP) is 5.14. The second-order valence-electron chi connectivity index (χ2n) is 7.22. The van der Waals surface area contributed by atoms with Gasteiger partial charge in [-0.05, 0) is 57.7 Å². The molecule has 0 bridgehead atoms. The first kappa shape index (κ1) is 16.2. The number of fused-ring (bicyclic) bond motifs is 4. The van der Waals surface area contributed by atoms with Crippen LogP contribution in [0.25, 0.3) is 5.00 Å². The quantitative estimate of drug-likeness (QED) is 0.585. The van der Waals surface area contributed by atoms with Crippen molar-refractivity contribution in [3.8, 4) is 5.00 Å². The van der Waals surface area contributed by atoms with Crippen LogP contribution in [0.4, 0.5) is 0 Å². The summed E-state index contributed by atoms with van der Waals surface area (Å²) in [4.78, 5) is 6.65. The Morgan fingerprint density at radius 2 is 1.81 bits per heavy atom. The largest absolute Gasteiger partial charge is 0.271 e. The van der Waals surface area contributed by atoms with Crippen LogP contribution in [0.15, 0.2) is 29.3 Å². The number of aryl methyl sites for hydroxylation is 2. The van der Waals surface area contributed by atoms with Crippen LogP contribution in [0.3, 0.4) is 0 Å². The molecule has 1 saturated carbocycles. The van der Waals surface area contributed by atoms with Crippen molar-refractivity contribution in [3.05, 3.63) is 62.5 Å². The van der Waals surface area contributed by atoms with E-state index in [2.05, 4.69) is 40.7 Å². The first-order valence-electron chi connectivity index (χ1n) is 8.89. The number of hydrogen-bond acceptors (Lipinski definition) is 4. The van der Waals surface area contributed by atoms with E-state index < -0.39 is 0 Å². The summed E-state index contributed by atoms with van der Waals surface area (Å²) in [6, 6.07) is 8.03. The second kappa shape index (κ2) is 5.51. The summed E-state index contributed by atoms with van der Waals surface area (Å²) in [7, 11) is 0. The molecule has 1 fully saturated rings. The van der Waals surface area contributed by atoms with Gasteiger partial charge in [0.2, 0.25) is 0 Å². The number of rotatable bonds is 1. The molecule has 132 valence electrons. The standard InChI is InChI=1S/C20H19ClN4S/c1-11-12(2)26-18-16(11)17(14-5-7-15(21)8-6-14)22-20(9-4-10-20)19-24-23-13(3)25(18)19/h5-8H,4,9-10H2,1-3H3. The van der Waals surface area contributed by atoms with Crippen LogP contribution in [-0.4, -0.2) is 20.5 Å². The summed E-state index contributed by atoms with van der Waals surface area (Å²) in [6.45, 7) is 6.39. The Hall–Kier alpha value is -1.98. The van der Waals surface area contributed by atoms with Crippen LogP contribution in [0.1, 0.15) is 52.5 Å². The van der Waals surface area contributed by atoms with Crippen molar-refractivity contribution >= 4 is 28.6 Å². The molecule has 2 aliphatic rings. The van der Waals surface area contributed by atoms with Gasteiger partial charge in [0.05, 0.1) is 5.71 Å². The Kier molecular flexibility index (Phi) is 3.43. The molecule has 26 heavy (non-hydrogen) atoms. The number of halogens is 1. The molecular formula is C20H19ClN4S. The number of thiophene rings is 1. The molecule has 3 heterocycles. The normalized spacial score (nSPS) is 17.3. The minimum absolute atomic E-state index is 0.255. The summed E-state index contributed by atoms with van der Waals surface area (Å²) < 4.78 is 2.24. The predicted molar refractivity (Wildman–Crippen MR) is 106 cm³/mol. The molecule has 1 aliphatic carbocycles. The average Bonchev–Trinajstić information content (AvgIpc) is 3.05. The highest BCUT2D eigenvalue weighted by molar-refractivity contribution is 7.15. The summed E-state index contributed by atoms with van der Waals surface area (Å²) in [6.07, 6.45) is 3.22. The Labute approximate surface area is 161 Å². The lowest BCUT2D eigenvalue weighted by atomic mass is 9.76. The summed E-state index contributed by atoms with van der Waals surface area (Å²) in [5.41, 5.74) is 4.41. The Bertz CT molecular complexity index is 1050. The van der Waals surface area contributed by atoms with E-state index in [0.717, 1.165) is 40.8 Å². The van der Waals surface area contributed by atoms with Gasteiger partial charge in [-0.3, -0.25) is 9.56 Å². The third-order valence-electron chi connectivity index (χ3n) is 5.67. The summed E-state index contributed by atoms with van der Waals surface area (Å²) >= 11 is 7.93. The minimum atomic E-state index is -0.255. The van der Waals surface area contributed by atoms with Crippen LogP contribution in [0.5, 0.6) is 0 Å². The lowest BCUT2D eigenvalue weighted by Gasteiger charge is -2.36. The van der Waals surface area contributed by atoms with Crippen molar-refractivity contribution in [2.45, 2.75) is 45.6 Å². The van der Waals surface area contributed by atoms with Gasteiger partial charge in [-0.25, -0.2) is 0 Å². The SMILES string of the molecule is Cc1sc2c(c1C)C(c1ccc(Cl)cc1)=NC1(CCC1)c1nnc(C)n1-2. The average molecular weight is 383 g/mol. The number of aromatic nitrogens is 3. The van der Waals surface area contributed by atoms with Crippen molar-refractivity contribution in [3.63, 3.8) is 0 Å². The zero-order valence-electron chi connectivity index (χ0n) is 15.0. The number of nitrogens with zero attached hydrogens (tertiary/aromatic N) is 4. The van der Waals surface area contributed by atoms with Crippen LogP contribution in [0, 0.1) is 20.8 Å². The molecule has 0 amide bonds. The van der Waals surface area contributed by atoms with E-state index in [0.29, 0.717) is 0 Å². The number of aliphatic imine (C=N–C) groups is 1. The Balaban J connectivity index is 1.86. The van der Waals surface area contributed by atoms with Crippen molar-refractivity contribution in [1.29, 1.82) is 0 Å². The smallest absolute Gasteiger partial charge is 0.166 e. The van der Waals surface area contributed by atoms with Crippen LogP contribution in [-0.2, 0) is 5.54 Å². The highest BCUT2D eigenvalue weighted by Crippen LogP contribution is 2.49. The fraction of sp³-hybridized carbons (Fsp3) is 0.350. The van der Waals surface area contributed by atoms with Gasteiger partial charge in [-0.15, -0.1) is 21.5 Å². The van der Waals surface area contributed by atoms with Gasteiger partial charge in [-0.2, -0.15) is 0 Å². The maximum Gasteiger partial charge on any atom is 0.166 e. The molecule has 4 nitrogen and oxygen atoms in total. The van der Waals surface area contributed by atoms with Crippen molar-refractivity contribution in [2.24, 2.45) is 4.99 Å². The lowest BCUT2D eigenvalue weighted by Crippen LogP contribution is -2.35. The molecule has 0 atom stereocenters. The van der Waals surface area contributed by atoms with E-state index >= 15 is 0 Å². The molecule has 5 rings (SSSR count). The third kappa shape index (κ3) is 2.10. The molecule has 1 aromatic carbocycles. The van der Waals surface area contributed by atoms with Crippen molar-refractivity contribution in [1.82, 2.24) is 14.8 Å². The van der Waals surface area contributed by atoms with Gasteiger partial charge in [-0.1, -0.05) is 23.7 Å². The highest BCUT2D eigenvalue weighted by atomic mass is 35.5. The van der Waals surface area contributed by atoms with Gasteiger partial charge in [0.25, 0.3) is 0 Å². The van der Waals surface area contributed by atoms with Gasteiger partial charge in [0, 0.05) is 21.0 Å². The molecule has 1 aliphatic heterocycles. The minimum Gasteiger partial charge on any atom is -0.271 e. The van der Waals surface area contributed by atoms with Crippen LogP contribution < -0.4 is 0 Å². The second-order valence-corrected chi connectivity index (χ2v) is 8.86. The maximum absolute atomic E-state index is 6.13. The van der Waals surface area contributed by atoms with Gasteiger partial charge in [0.15, 0.2) is 5.82 Å². The monoisotopic (exact) mass is 382 g/mol. The zero-order chi connectivity index (χ0) is 18.1. The molecule has 3 aromatic rings. The molecule has 0 saturated heterocycles. The fourth-order valence-corrected chi connectivity index (χ4v) is 5.27. The molecule has 6 heteroatoms. The Morgan fingerprint density at radius 1 is 1.08 bits per heavy atom. The van der Waals surface area contributed by atoms with E-state index in [1.165, 1.54) is 27.4 Å². The third-order valence-corrected chi connectivity index (χ3v) is 7.12. The summed E-state index contributed by atoms with van der Waals surface area (Å²) in [5.74, 6) is 1.93. The molecule has 0 radical (unpaired) electrons. The van der Waals surface area contributed by atoms with E-state index in [4.69, 9.17) is 16.6 Å². The van der Waals surface area contributed by atoms with Gasteiger partial charge in [0.1, 0.15) is 16.4 Å². The first-order valence-corrected chi connectivity index (χ1v) is 10.1. The topological polar surface area (TPSA) is 43.1 Å². The van der Waals surface area contributed by atoms with Crippen molar-refractivity contribution < 1.29 is 0 Å². The first-order chi connectivity index (χ1) is 12.5. The van der Waals surface area contributed by atoms with E-state index in [9.17, 15) is 0 Å². The van der Waals surface area contributed by atoms with Gasteiger partial charge < -0.3 is 0 Å². The fourth-order valence-electron chi connectivity index (χ4n) is 3.94.